The maximum Gasteiger partial charge on any atom is 0.237 e. The van der Waals surface area contributed by atoms with Crippen molar-refractivity contribution in [1.82, 2.24) is 10.2 Å². The molecule has 1 unspecified atom stereocenters. The summed E-state index contributed by atoms with van der Waals surface area (Å²) in [4.78, 5) is 13.2. The Hall–Kier alpha value is -0.540. The van der Waals surface area contributed by atoms with Crippen molar-refractivity contribution in [2.75, 3.05) is 20.1 Å². The second kappa shape index (κ2) is 4.48. The van der Waals surface area contributed by atoms with Gasteiger partial charge in [0, 0.05) is 18.6 Å². The number of carbonyl (C=O) groups is 1. The first-order chi connectivity index (χ1) is 5.75. The van der Waals surface area contributed by atoms with Gasteiger partial charge in [-0.15, -0.1) is 0 Å². The van der Waals surface area contributed by atoms with Crippen molar-refractivity contribution >= 4 is 17.5 Å². The van der Waals surface area contributed by atoms with Crippen LogP contribution in [0.5, 0.6) is 0 Å². The van der Waals surface area contributed by atoms with Crippen LogP contribution in [0.2, 0.25) is 0 Å². The number of hydrogen-bond acceptors (Lipinski definition) is 2. The van der Waals surface area contributed by atoms with E-state index in [-0.39, 0.29) is 11.9 Å². The molecular weight excluding hydrogens is 176 g/mol. The summed E-state index contributed by atoms with van der Waals surface area (Å²) >= 11 is 5.38. The summed E-state index contributed by atoms with van der Waals surface area (Å²) in [6.45, 7) is 1.51. The minimum Gasteiger partial charge on any atom is -0.355 e. The molecule has 1 aliphatic rings. The zero-order chi connectivity index (χ0) is 8.97. The molecule has 1 rings (SSSR count). The van der Waals surface area contributed by atoms with Crippen molar-refractivity contribution in [2.24, 2.45) is 0 Å². The average Bonchev–Trinajstić information content (AvgIpc) is 2.47. The summed E-state index contributed by atoms with van der Waals surface area (Å²) in [5, 5.41) is 2.79. The summed E-state index contributed by atoms with van der Waals surface area (Å²) in [7, 11) is 1.92. The van der Waals surface area contributed by atoms with Crippen molar-refractivity contribution in [3.05, 3.63) is 11.6 Å². The highest BCUT2D eigenvalue weighted by atomic mass is 35.5. The third-order valence-electron chi connectivity index (χ3n) is 2.03. The molecule has 1 amide bonds. The Morgan fingerprint density at radius 2 is 2.58 bits per heavy atom. The van der Waals surface area contributed by atoms with Crippen LogP contribution >= 0.6 is 11.6 Å². The van der Waals surface area contributed by atoms with E-state index in [4.69, 9.17) is 11.6 Å². The first kappa shape index (κ1) is 9.55. The molecule has 1 heterocycles. The largest absolute Gasteiger partial charge is 0.355 e. The fourth-order valence-electron chi connectivity index (χ4n) is 1.33. The van der Waals surface area contributed by atoms with Crippen LogP contribution in [0.3, 0.4) is 0 Å². The van der Waals surface area contributed by atoms with Crippen molar-refractivity contribution in [2.45, 2.75) is 12.5 Å². The second-order valence-corrected chi connectivity index (χ2v) is 3.15. The van der Waals surface area contributed by atoms with Crippen molar-refractivity contribution in [3.8, 4) is 0 Å². The van der Waals surface area contributed by atoms with Gasteiger partial charge in [0.2, 0.25) is 5.91 Å². The Labute approximate surface area is 77.4 Å². The summed E-state index contributed by atoms with van der Waals surface area (Å²) in [6.07, 6.45) is 2.72. The zero-order valence-corrected chi connectivity index (χ0v) is 7.84. The predicted octanol–water partition coefficient (Wildman–Crippen LogP) is 0.559. The molecule has 12 heavy (non-hydrogen) atoms. The van der Waals surface area contributed by atoms with Crippen LogP contribution in [-0.4, -0.2) is 37.0 Å². The molecule has 1 saturated heterocycles. The summed E-state index contributed by atoms with van der Waals surface area (Å²) in [5.74, 6) is 0.125. The zero-order valence-electron chi connectivity index (χ0n) is 7.09. The van der Waals surface area contributed by atoms with Crippen molar-refractivity contribution < 1.29 is 4.79 Å². The normalized spacial score (nSPS) is 23.9. The van der Waals surface area contributed by atoms with Gasteiger partial charge in [-0.2, -0.15) is 0 Å². The maximum atomic E-state index is 11.2. The molecule has 68 valence electrons. The quantitative estimate of drug-likeness (QED) is 0.702. The van der Waals surface area contributed by atoms with Gasteiger partial charge in [0.1, 0.15) is 0 Å². The average molecular weight is 189 g/mol. The monoisotopic (exact) mass is 188 g/mol. The minimum absolute atomic E-state index is 0.0258. The number of carbonyl (C=O) groups excluding carboxylic acids is 1. The Kier molecular flexibility index (Phi) is 3.56. The number of likely N-dealkylation sites (N-methyl/N-ethyl adjacent to an activating group) is 1. The standard InChI is InChI=1S/C8H13ClN2O/c1-11(6-2-4-9)7-3-5-10-8(7)12/h2,4,7H,3,5-6H2,1H3,(H,10,12)/b4-2+. The number of halogens is 1. The predicted molar refractivity (Wildman–Crippen MR) is 49.0 cm³/mol. The van der Waals surface area contributed by atoms with Gasteiger partial charge in [0.15, 0.2) is 0 Å². The molecule has 1 aliphatic heterocycles. The topological polar surface area (TPSA) is 32.3 Å². The van der Waals surface area contributed by atoms with Crippen LogP contribution in [0, 0.1) is 0 Å². The molecule has 0 aliphatic carbocycles. The molecule has 0 spiro atoms. The summed E-state index contributed by atoms with van der Waals surface area (Å²) in [5.41, 5.74) is 1.48. The van der Waals surface area contributed by atoms with Gasteiger partial charge in [0.05, 0.1) is 6.04 Å². The van der Waals surface area contributed by atoms with Gasteiger partial charge < -0.3 is 5.32 Å². The molecule has 1 fully saturated rings. The second-order valence-electron chi connectivity index (χ2n) is 2.90. The van der Waals surface area contributed by atoms with Crippen LogP contribution in [-0.2, 0) is 4.79 Å². The minimum atomic E-state index is 0.0258. The molecule has 4 heteroatoms. The molecule has 0 saturated carbocycles. The third-order valence-corrected chi connectivity index (χ3v) is 2.21. The van der Waals surface area contributed by atoms with Gasteiger partial charge in [0.25, 0.3) is 0 Å². The molecule has 3 nitrogen and oxygen atoms in total. The fraction of sp³-hybridized carbons (Fsp3) is 0.625. The lowest BCUT2D eigenvalue weighted by atomic mass is 10.2. The maximum absolute atomic E-state index is 11.2. The van der Waals surface area contributed by atoms with E-state index in [0.717, 1.165) is 19.5 Å². The lowest BCUT2D eigenvalue weighted by molar-refractivity contribution is -0.123. The molecule has 0 aromatic heterocycles. The van der Waals surface area contributed by atoms with Crippen LogP contribution < -0.4 is 5.32 Å². The molecular formula is C8H13ClN2O. The van der Waals surface area contributed by atoms with Gasteiger partial charge in [-0.25, -0.2) is 0 Å². The van der Waals surface area contributed by atoms with Gasteiger partial charge in [-0.1, -0.05) is 17.7 Å². The molecule has 0 radical (unpaired) electrons. The van der Waals surface area contributed by atoms with Gasteiger partial charge in [-0.3, -0.25) is 9.69 Å². The van der Waals surface area contributed by atoms with Crippen molar-refractivity contribution in [3.63, 3.8) is 0 Å². The fourth-order valence-corrected chi connectivity index (χ4v) is 1.41. The van der Waals surface area contributed by atoms with E-state index in [2.05, 4.69) is 5.32 Å². The van der Waals surface area contributed by atoms with E-state index in [1.807, 2.05) is 18.0 Å². The van der Waals surface area contributed by atoms with E-state index < -0.39 is 0 Å². The van der Waals surface area contributed by atoms with Crippen LogP contribution in [0.4, 0.5) is 0 Å². The van der Waals surface area contributed by atoms with E-state index in [1.165, 1.54) is 5.54 Å². The lowest BCUT2D eigenvalue weighted by Crippen LogP contribution is -2.37. The first-order valence-corrected chi connectivity index (χ1v) is 4.42. The first-order valence-electron chi connectivity index (χ1n) is 3.99. The van der Waals surface area contributed by atoms with Gasteiger partial charge in [-0.05, 0) is 13.5 Å². The number of rotatable bonds is 3. The van der Waals surface area contributed by atoms with Crippen molar-refractivity contribution in [1.29, 1.82) is 0 Å². The molecule has 0 aromatic rings. The highest BCUT2D eigenvalue weighted by Gasteiger charge is 2.26. The van der Waals surface area contributed by atoms with Crippen LogP contribution in [0.15, 0.2) is 11.6 Å². The Morgan fingerprint density at radius 3 is 3.08 bits per heavy atom. The molecule has 0 aromatic carbocycles. The molecule has 0 bridgehead atoms. The number of amides is 1. The third kappa shape index (κ3) is 2.22. The smallest absolute Gasteiger partial charge is 0.237 e. The van der Waals surface area contributed by atoms with E-state index in [9.17, 15) is 4.79 Å². The van der Waals surface area contributed by atoms with E-state index in [0.29, 0.717) is 0 Å². The molecule has 1 N–H and O–H groups in total. The Balaban J connectivity index is 2.40. The van der Waals surface area contributed by atoms with E-state index >= 15 is 0 Å². The lowest BCUT2D eigenvalue weighted by Gasteiger charge is -2.19. The van der Waals surface area contributed by atoms with E-state index in [1.54, 1.807) is 0 Å². The van der Waals surface area contributed by atoms with Crippen LogP contribution in [0.1, 0.15) is 6.42 Å². The summed E-state index contributed by atoms with van der Waals surface area (Å²) in [6, 6.07) is 0.0258. The number of nitrogens with zero attached hydrogens (tertiary/aromatic N) is 1. The Morgan fingerprint density at radius 1 is 1.83 bits per heavy atom. The number of hydrogen-bond donors (Lipinski definition) is 1. The molecule has 1 atom stereocenters. The Bertz CT molecular complexity index is 193. The highest BCUT2D eigenvalue weighted by Crippen LogP contribution is 2.07. The van der Waals surface area contributed by atoms with Gasteiger partial charge >= 0.3 is 0 Å². The summed E-state index contributed by atoms with van der Waals surface area (Å²) < 4.78 is 0. The van der Waals surface area contributed by atoms with Crippen LogP contribution in [0.25, 0.3) is 0 Å². The highest BCUT2D eigenvalue weighted by molar-refractivity contribution is 6.25. The SMILES string of the molecule is CN(C/C=C/Cl)C1CCNC1=O. The number of nitrogens with one attached hydrogen (secondary N) is 1.